The Balaban J connectivity index is 1.63. The van der Waals surface area contributed by atoms with E-state index in [2.05, 4.69) is 37.5 Å². The number of ether oxygens (including phenoxy) is 1. The van der Waals surface area contributed by atoms with Crippen LogP contribution in [0.2, 0.25) is 0 Å². The number of nitrogens with one attached hydrogen (secondary N) is 1. The van der Waals surface area contributed by atoms with Gasteiger partial charge in [-0.2, -0.15) is 0 Å². The van der Waals surface area contributed by atoms with Crippen LogP contribution in [0.3, 0.4) is 0 Å². The fourth-order valence-electron chi connectivity index (χ4n) is 4.65. The van der Waals surface area contributed by atoms with Crippen LogP contribution in [-0.2, 0) is 13.1 Å². The Labute approximate surface area is 219 Å². The Morgan fingerprint density at radius 3 is 2.53 bits per heavy atom. The molecule has 38 heavy (non-hydrogen) atoms. The molecule has 0 saturated heterocycles. The number of benzene rings is 3. The highest BCUT2D eigenvalue weighted by Crippen LogP contribution is 2.29. The van der Waals surface area contributed by atoms with E-state index in [1.807, 2.05) is 56.3 Å². The number of aromatic nitrogens is 5. The summed E-state index contributed by atoms with van der Waals surface area (Å²) in [7, 11) is 0. The second-order valence-electron chi connectivity index (χ2n) is 9.01. The summed E-state index contributed by atoms with van der Waals surface area (Å²) in [6.07, 6.45) is 0. The van der Waals surface area contributed by atoms with Crippen molar-refractivity contribution in [1.82, 2.24) is 30.1 Å². The lowest BCUT2D eigenvalue weighted by Crippen LogP contribution is -2.35. The predicted molar refractivity (Wildman–Crippen MR) is 143 cm³/mol. The summed E-state index contributed by atoms with van der Waals surface area (Å²) in [5.74, 6) is 0.947. The number of halogens is 1. The standard InChI is InChI=1S/C29H29FN6O2/c1-3-35(18-20-8-6-5-7-9-20)27(28-32-33-34-36(28)19-21-10-12-23(30)13-11-21)25-17-22-16-24(38-4-2)14-15-26(22)31-29(25)37/h5-17,27H,3-4,18-19H2,1-2H3,(H,31,37). The third-order valence-electron chi connectivity index (χ3n) is 6.50. The topological polar surface area (TPSA) is 88.9 Å². The van der Waals surface area contributed by atoms with E-state index < -0.39 is 6.04 Å². The van der Waals surface area contributed by atoms with Gasteiger partial charge in [0, 0.05) is 23.0 Å². The smallest absolute Gasteiger partial charge is 0.253 e. The maximum Gasteiger partial charge on any atom is 0.253 e. The highest BCUT2D eigenvalue weighted by Gasteiger charge is 2.30. The van der Waals surface area contributed by atoms with Gasteiger partial charge in [-0.3, -0.25) is 9.69 Å². The summed E-state index contributed by atoms with van der Waals surface area (Å²) in [4.78, 5) is 18.7. The SMILES string of the molecule is CCOc1ccc2[nH]c(=O)c(C(c3nnnn3Cc3ccc(F)cc3)N(CC)Cc3ccccc3)cc2c1. The highest BCUT2D eigenvalue weighted by molar-refractivity contribution is 5.80. The lowest BCUT2D eigenvalue weighted by atomic mass is 10.0. The van der Waals surface area contributed by atoms with E-state index in [0.29, 0.717) is 37.6 Å². The molecule has 0 aliphatic carbocycles. The molecule has 2 heterocycles. The number of hydrogen-bond acceptors (Lipinski definition) is 6. The van der Waals surface area contributed by atoms with Crippen molar-refractivity contribution in [2.75, 3.05) is 13.2 Å². The third-order valence-corrected chi connectivity index (χ3v) is 6.50. The molecule has 0 aliphatic rings. The molecule has 5 rings (SSSR count). The minimum Gasteiger partial charge on any atom is -0.494 e. The first-order valence-electron chi connectivity index (χ1n) is 12.6. The van der Waals surface area contributed by atoms with Gasteiger partial charge in [-0.1, -0.05) is 49.4 Å². The van der Waals surface area contributed by atoms with Crippen molar-refractivity contribution in [3.05, 3.63) is 118 Å². The van der Waals surface area contributed by atoms with Crippen LogP contribution < -0.4 is 10.3 Å². The quantitative estimate of drug-likeness (QED) is 0.292. The lowest BCUT2D eigenvalue weighted by molar-refractivity contribution is 0.214. The molecule has 0 radical (unpaired) electrons. The highest BCUT2D eigenvalue weighted by atomic mass is 19.1. The number of nitrogens with zero attached hydrogens (tertiary/aromatic N) is 5. The first-order valence-corrected chi connectivity index (χ1v) is 12.6. The van der Waals surface area contributed by atoms with Crippen molar-refractivity contribution in [2.24, 2.45) is 0 Å². The molecule has 0 bridgehead atoms. The van der Waals surface area contributed by atoms with Crippen molar-refractivity contribution in [1.29, 1.82) is 0 Å². The van der Waals surface area contributed by atoms with Crippen LogP contribution in [0.5, 0.6) is 5.75 Å². The summed E-state index contributed by atoms with van der Waals surface area (Å²) in [5.41, 5.74) is 2.98. The van der Waals surface area contributed by atoms with Crippen LogP contribution >= 0.6 is 0 Å². The van der Waals surface area contributed by atoms with Gasteiger partial charge in [-0.25, -0.2) is 9.07 Å². The van der Waals surface area contributed by atoms with Crippen LogP contribution in [-0.4, -0.2) is 43.2 Å². The summed E-state index contributed by atoms with van der Waals surface area (Å²) in [5, 5.41) is 13.4. The number of aromatic amines is 1. The average molecular weight is 513 g/mol. The molecular weight excluding hydrogens is 483 g/mol. The molecule has 9 heteroatoms. The molecule has 1 unspecified atom stereocenters. The van der Waals surface area contributed by atoms with Gasteiger partial charge in [0.1, 0.15) is 17.6 Å². The van der Waals surface area contributed by atoms with Crippen molar-refractivity contribution in [3.63, 3.8) is 0 Å². The van der Waals surface area contributed by atoms with Crippen LogP contribution in [0.25, 0.3) is 10.9 Å². The largest absolute Gasteiger partial charge is 0.494 e. The molecule has 0 aliphatic heterocycles. The second-order valence-corrected chi connectivity index (χ2v) is 9.01. The zero-order valence-corrected chi connectivity index (χ0v) is 21.3. The Morgan fingerprint density at radius 1 is 1.00 bits per heavy atom. The average Bonchev–Trinajstić information content (AvgIpc) is 3.38. The van der Waals surface area contributed by atoms with Crippen molar-refractivity contribution < 1.29 is 9.13 Å². The molecular formula is C29H29FN6O2. The fourth-order valence-corrected chi connectivity index (χ4v) is 4.65. The summed E-state index contributed by atoms with van der Waals surface area (Å²) < 4.78 is 20.9. The minimum atomic E-state index is -0.542. The Bertz CT molecular complexity index is 1570. The molecule has 0 fully saturated rings. The predicted octanol–water partition coefficient (Wildman–Crippen LogP) is 4.71. The van der Waals surface area contributed by atoms with Gasteiger partial charge in [-0.15, -0.1) is 5.10 Å². The molecule has 8 nitrogen and oxygen atoms in total. The van der Waals surface area contributed by atoms with E-state index in [9.17, 15) is 9.18 Å². The first-order chi connectivity index (χ1) is 18.6. The van der Waals surface area contributed by atoms with Crippen molar-refractivity contribution in [2.45, 2.75) is 33.0 Å². The Morgan fingerprint density at radius 2 is 1.79 bits per heavy atom. The molecule has 0 spiro atoms. The molecule has 0 saturated carbocycles. The van der Waals surface area contributed by atoms with Crippen molar-refractivity contribution >= 4 is 10.9 Å². The van der Waals surface area contributed by atoms with Gasteiger partial charge >= 0.3 is 0 Å². The molecule has 0 amide bonds. The van der Waals surface area contributed by atoms with Gasteiger partial charge in [0.05, 0.1) is 13.2 Å². The van der Waals surface area contributed by atoms with Gasteiger partial charge in [0.15, 0.2) is 5.82 Å². The maximum absolute atomic E-state index is 13.5. The number of fused-ring (bicyclic) bond motifs is 1. The monoisotopic (exact) mass is 512 g/mol. The van der Waals surface area contributed by atoms with Crippen molar-refractivity contribution in [3.8, 4) is 5.75 Å². The zero-order chi connectivity index (χ0) is 26.5. The lowest BCUT2D eigenvalue weighted by Gasteiger charge is -2.30. The molecule has 5 aromatic rings. The van der Waals surface area contributed by atoms with E-state index in [0.717, 1.165) is 27.8 Å². The number of pyridine rings is 1. The van der Waals surface area contributed by atoms with E-state index in [1.165, 1.54) is 12.1 Å². The van der Waals surface area contributed by atoms with E-state index >= 15 is 0 Å². The number of tetrazole rings is 1. The molecule has 1 atom stereocenters. The van der Waals surface area contributed by atoms with Gasteiger partial charge in [0.25, 0.3) is 5.56 Å². The molecule has 194 valence electrons. The molecule has 2 aromatic heterocycles. The number of rotatable bonds is 10. The number of H-pyrrole nitrogens is 1. The normalized spacial score (nSPS) is 12.2. The van der Waals surface area contributed by atoms with Gasteiger partial charge < -0.3 is 9.72 Å². The summed E-state index contributed by atoms with van der Waals surface area (Å²) in [6.45, 7) is 6.08. The summed E-state index contributed by atoms with van der Waals surface area (Å²) in [6, 6.07) is 23.3. The van der Waals surface area contributed by atoms with E-state index in [4.69, 9.17) is 4.74 Å². The Kier molecular flexibility index (Phi) is 7.55. The van der Waals surface area contributed by atoms with Gasteiger partial charge in [-0.05, 0) is 71.4 Å². The van der Waals surface area contributed by atoms with Crippen LogP contribution in [0, 0.1) is 5.82 Å². The van der Waals surface area contributed by atoms with Crippen LogP contribution in [0.15, 0.2) is 83.7 Å². The van der Waals surface area contributed by atoms with E-state index in [-0.39, 0.29) is 11.4 Å². The fraction of sp³-hybridized carbons (Fsp3) is 0.241. The maximum atomic E-state index is 13.5. The number of hydrogen-bond donors (Lipinski definition) is 1. The third kappa shape index (κ3) is 5.47. The van der Waals surface area contributed by atoms with Crippen LogP contribution in [0.1, 0.15) is 42.4 Å². The van der Waals surface area contributed by atoms with Gasteiger partial charge in [0.2, 0.25) is 0 Å². The Hall–Kier alpha value is -4.37. The minimum absolute atomic E-state index is 0.213. The molecule has 3 aromatic carbocycles. The first kappa shape index (κ1) is 25.3. The second kappa shape index (κ2) is 11.4. The van der Waals surface area contributed by atoms with E-state index in [1.54, 1.807) is 16.8 Å². The summed E-state index contributed by atoms with van der Waals surface area (Å²) >= 11 is 0. The zero-order valence-electron chi connectivity index (χ0n) is 21.3. The van der Waals surface area contributed by atoms with Crippen LogP contribution in [0.4, 0.5) is 4.39 Å². The molecule has 1 N–H and O–H groups in total.